The Morgan fingerprint density at radius 1 is 1.47 bits per heavy atom. The highest BCUT2D eigenvalue weighted by atomic mass is 35.5. The van der Waals surface area contributed by atoms with Crippen LogP contribution >= 0.6 is 22.9 Å². The van der Waals surface area contributed by atoms with Gasteiger partial charge >= 0.3 is 0 Å². The Labute approximate surface area is 113 Å². The average Bonchev–Trinajstić information content (AvgIpc) is 2.68. The molecule has 0 N–H and O–H groups in total. The first kappa shape index (κ1) is 13.3. The molecular formula is C13H21ClN2S. The molecular weight excluding hydrogens is 252 g/mol. The van der Waals surface area contributed by atoms with Crippen molar-refractivity contribution in [3.63, 3.8) is 0 Å². The van der Waals surface area contributed by atoms with Crippen LogP contribution < -0.4 is 0 Å². The van der Waals surface area contributed by atoms with E-state index in [0.29, 0.717) is 5.88 Å². The van der Waals surface area contributed by atoms with E-state index in [1.165, 1.54) is 43.7 Å². The molecule has 1 aromatic rings. The zero-order chi connectivity index (χ0) is 12.1. The second kappa shape index (κ2) is 6.72. The van der Waals surface area contributed by atoms with Crippen molar-refractivity contribution >= 4 is 22.9 Å². The molecule has 0 bridgehead atoms. The quantitative estimate of drug-likeness (QED) is 0.769. The Kier molecular flexibility index (Phi) is 5.26. The van der Waals surface area contributed by atoms with Gasteiger partial charge in [0.1, 0.15) is 5.01 Å². The summed E-state index contributed by atoms with van der Waals surface area (Å²) in [5, 5.41) is 3.31. The molecule has 4 heteroatoms. The van der Waals surface area contributed by atoms with Crippen molar-refractivity contribution in [3.8, 4) is 0 Å². The number of hydrogen-bond donors (Lipinski definition) is 0. The topological polar surface area (TPSA) is 16.1 Å². The zero-order valence-corrected chi connectivity index (χ0v) is 12.1. The molecule has 1 saturated heterocycles. The first-order valence-corrected chi connectivity index (χ1v) is 7.98. The lowest BCUT2D eigenvalue weighted by Gasteiger charge is -2.28. The van der Waals surface area contributed by atoms with Crippen LogP contribution in [0.4, 0.5) is 0 Å². The molecule has 1 fully saturated rings. The molecule has 0 spiro atoms. The molecule has 0 radical (unpaired) electrons. The summed E-state index contributed by atoms with van der Waals surface area (Å²) >= 11 is 7.55. The van der Waals surface area contributed by atoms with Crippen LogP contribution in [0.25, 0.3) is 0 Å². The molecule has 0 aromatic carbocycles. The maximum absolute atomic E-state index is 5.80. The Bertz CT molecular complexity index is 340. The van der Waals surface area contributed by atoms with Crippen molar-refractivity contribution in [3.05, 3.63) is 16.1 Å². The average molecular weight is 273 g/mol. The van der Waals surface area contributed by atoms with Gasteiger partial charge in [0.25, 0.3) is 0 Å². The van der Waals surface area contributed by atoms with Crippen LogP contribution in [0.2, 0.25) is 0 Å². The predicted octanol–water partition coefficient (Wildman–Crippen LogP) is 4.04. The third-order valence-electron chi connectivity index (χ3n) is 3.54. The predicted molar refractivity (Wildman–Crippen MR) is 74.6 cm³/mol. The minimum atomic E-state index is 0.535. The Hall–Kier alpha value is -0.120. The third kappa shape index (κ3) is 3.67. The summed E-state index contributed by atoms with van der Waals surface area (Å²) < 4.78 is 0. The minimum Gasteiger partial charge on any atom is -0.294 e. The standard InChI is InChI=1S/C13H21ClN2S/c1-2-12-6-4-3-5-7-16(12)9-13-15-11(8-14)10-17-13/h10,12H,2-9H2,1H3. The number of aromatic nitrogens is 1. The summed E-state index contributed by atoms with van der Waals surface area (Å²) in [6.07, 6.45) is 6.72. The summed E-state index contributed by atoms with van der Waals surface area (Å²) in [5.41, 5.74) is 1.02. The van der Waals surface area contributed by atoms with Crippen molar-refractivity contribution in [2.45, 2.75) is 57.5 Å². The van der Waals surface area contributed by atoms with E-state index in [2.05, 4.69) is 22.2 Å². The van der Waals surface area contributed by atoms with Gasteiger partial charge in [-0.2, -0.15) is 0 Å². The van der Waals surface area contributed by atoms with Gasteiger partial charge in [-0.25, -0.2) is 4.98 Å². The van der Waals surface area contributed by atoms with Gasteiger partial charge in [0.05, 0.1) is 18.1 Å². The molecule has 96 valence electrons. The highest BCUT2D eigenvalue weighted by Crippen LogP contribution is 2.22. The number of hydrogen-bond acceptors (Lipinski definition) is 3. The molecule has 2 nitrogen and oxygen atoms in total. The molecule has 1 atom stereocenters. The summed E-state index contributed by atoms with van der Waals surface area (Å²) in [5.74, 6) is 0.535. The molecule has 17 heavy (non-hydrogen) atoms. The number of likely N-dealkylation sites (tertiary alicyclic amines) is 1. The molecule has 2 rings (SSSR count). The highest BCUT2D eigenvalue weighted by molar-refractivity contribution is 7.09. The van der Waals surface area contributed by atoms with Crippen molar-refractivity contribution in [2.75, 3.05) is 6.54 Å². The smallest absolute Gasteiger partial charge is 0.107 e. The van der Waals surface area contributed by atoms with Gasteiger partial charge in [0, 0.05) is 11.4 Å². The van der Waals surface area contributed by atoms with Crippen molar-refractivity contribution in [1.82, 2.24) is 9.88 Å². The Balaban J connectivity index is 1.99. The van der Waals surface area contributed by atoms with Crippen LogP contribution in [0.5, 0.6) is 0 Å². The maximum atomic E-state index is 5.80. The van der Waals surface area contributed by atoms with E-state index >= 15 is 0 Å². The monoisotopic (exact) mass is 272 g/mol. The minimum absolute atomic E-state index is 0.535. The molecule has 2 heterocycles. The normalized spacial score (nSPS) is 22.6. The van der Waals surface area contributed by atoms with Crippen LogP contribution in [0.1, 0.15) is 49.7 Å². The lowest BCUT2D eigenvalue weighted by molar-refractivity contribution is 0.186. The van der Waals surface area contributed by atoms with E-state index < -0.39 is 0 Å². The van der Waals surface area contributed by atoms with Crippen LogP contribution in [-0.4, -0.2) is 22.5 Å². The fraction of sp³-hybridized carbons (Fsp3) is 0.769. The van der Waals surface area contributed by atoms with Crippen LogP contribution in [-0.2, 0) is 12.4 Å². The molecule has 1 unspecified atom stereocenters. The molecule has 1 aliphatic heterocycles. The van der Waals surface area contributed by atoms with E-state index in [9.17, 15) is 0 Å². The van der Waals surface area contributed by atoms with Gasteiger partial charge in [-0.05, 0) is 25.8 Å². The summed E-state index contributed by atoms with van der Waals surface area (Å²) in [4.78, 5) is 7.18. The van der Waals surface area contributed by atoms with E-state index in [0.717, 1.165) is 18.3 Å². The van der Waals surface area contributed by atoms with E-state index in [-0.39, 0.29) is 0 Å². The molecule has 0 saturated carbocycles. The number of rotatable bonds is 4. The van der Waals surface area contributed by atoms with Crippen molar-refractivity contribution in [1.29, 1.82) is 0 Å². The Morgan fingerprint density at radius 3 is 3.06 bits per heavy atom. The third-order valence-corrected chi connectivity index (χ3v) is 4.70. The van der Waals surface area contributed by atoms with Crippen molar-refractivity contribution < 1.29 is 0 Å². The fourth-order valence-corrected chi connectivity index (χ4v) is 3.61. The second-order valence-corrected chi connectivity index (χ2v) is 5.96. The maximum Gasteiger partial charge on any atom is 0.107 e. The highest BCUT2D eigenvalue weighted by Gasteiger charge is 2.20. The largest absolute Gasteiger partial charge is 0.294 e. The van der Waals surface area contributed by atoms with Gasteiger partial charge in [0.2, 0.25) is 0 Å². The van der Waals surface area contributed by atoms with Gasteiger partial charge in [-0.3, -0.25) is 4.90 Å². The lowest BCUT2D eigenvalue weighted by Crippen LogP contribution is -2.33. The van der Waals surface area contributed by atoms with Crippen molar-refractivity contribution in [2.24, 2.45) is 0 Å². The number of nitrogens with zero attached hydrogens (tertiary/aromatic N) is 2. The van der Waals surface area contributed by atoms with Gasteiger partial charge in [0.15, 0.2) is 0 Å². The van der Waals surface area contributed by atoms with Crippen LogP contribution in [0.15, 0.2) is 5.38 Å². The van der Waals surface area contributed by atoms with Gasteiger partial charge in [-0.1, -0.05) is 19.8 Å². The number of alkyl halides is 1. The first-order valence-electron chi connectivity index (χ1n) is 6.56. The van der Waals surface area contributed by atoms with E-state index in [1.807, 2.05) is 0 Å². The van der Waals surface area contributed by atoms with Crippen LogP contribution in [0, 0.1) is 0 Å². The first-order chi connectivity index (χ1) is 8.33. The van der Waals surface area contributed by atoms with E-state index in [4.69, 9.17) is 11.6 Å². The van der Waals surface area contributed by atoms with Gasteiger partial charge < -0.3 is 0 Å². The molecule has 0 amide bonds. The lowest BCUT2D eigenvalue weighted by atomic mass is 10.1. The fourth-order valence-electron chi connectivity index (χ4n) is 2.56. The SMILES string of the molecule is CCC1CCCCCN1Cc1nc(CCl)cs1. The molecule has 1 aliphatic rings. The molecule has 1 aromatic heterocycles. The second-order valence-electron chi connectivity index (χ2n) is 4.75. The summed E-state index contributed by atoms with van der Waals surface area (Å²) in [6.45, 7) is 4.55. The Morgan fingerprint density at radius 2 is 2.35 bits per heavy atom. The summed E-state index contributed by atoms with van der Waals surface area (Å²) in [7, 11) is 0. The number of thiazole rings is 1. The van der Waals surface area contributed by atoms with E-state index in [1.54, 1.807) is 11.3 Å². The zero-order valence-electron chi connectivity index (χ0n) is 10.5. The number of halogens is 1. The molecule has 0 aliphatic carbocycles. The summed E-state index contributed by atoms with van der Waals surface area (Å²) in [6, 6.07) is 0.751. The van der Waals surface area contributed by atoms with Crippen LogP contribution in [0.3, 0.4) is 0 Å². The van der Waals surface area contributed by atoms with Gasteiger partial charge in [-0.15, -0.1) is 22.9 Å².